The van der Waals surface area contributed by atoms with E-state index in [0.29, 0.717) is 13.2 Å². The molecule has 0 bridgehead atoms. The van der Waals surface area contributed by atoms with Gasteiger partial charge in [-0.1, -0.05) is 6.07 Å². The van der Waals surface area contributed by atoms with Crippen molar-refractivity contribution in [1.82, 2.24) is 4.72 Å². The third kappa shape index (κ3) is 4.56. The highest BCUT2D eigenvalue weighted by atomic mass is 32.2. The summed E-state index contributed by atoms with van der Waals surface area (Å²) in [7, 11) is -3.53. The minimum Gasteiger partial charge on any atom is -0.375 e. The standard InChI is InChI=1S/C14H24N2O3S/c1-5-19-14(3,4)10-16-20(17,18)13-7-6-12(9-15)11(2)8-13/h6-8,16H,5,9-10,15H2,1-4H3. The molecule has 20 heavy (non-hydrogen) atoms. The maximum atomic E-state index is 12.2. The zero-order valence-corrected chi connectivity index (χ0v) is 13.4. The zero-order chi connectivity index (χ0) is 15.4. The van der Waals surface area contributed by atoms with Crippen molar-refractivity contribution >= 4 is 10.0 Å². The van der Waals surface area contributed by atoms with Crippen LogP contribution in [0.2, 0.25) is 0 Å². The molecule has 0 aliphatic carbocycles. The maximum Gasteiger partial charge on any atom is 0.240 e. The Morgan fingerprint density at radius 2 is 2.00 bits per heavy atom. The third-order valence-electron chi connectivity index (χ3n) is 3.07. The molecule has 0 aromatic heterocycles. The predicted octanol–water partition coefficient (Wildman–Crippen LogP) is 1.55. The molecule has 1 rings (SSSR count). The Morgan fingerprint density at radius 1 is 1.35 bits per heavy atom. The normalized spacial score (nSPS) is 12.7. The van der Waals surface area contributed by atoms with Gasteiger partial charge in [0.25, 0.3) is 0 Å². The van der Waals surface area contributed by atoms with Crippen molar-refractivity contribution < 1.29 is 13.2 Å². The van der Waals surface area contributed by atoms with Gasteiger partial charge in [-0.05, 0) is 51.0 Å². The molecule has 5 nitrogen and oxygen atoms in total. The van der Waals surface area contributed by atoms with Gasteiger partial charge in [0.1, 0.15) is 0 Å². The minimum atomic E-state index is -3.53. The predicted molar refractivity (Wildman–Crippen MR) is 80.0 cm³/mol. The highest BCUT2D eigenvalue weighted by Crippen LogP contribution is 2.16. The van der Waals surface area contributed by atoms with Crippen LogP contribution in [0.5, 0.6) is 0 Å². The topological polar surface area (TPSA) is 81.4 Å². The first-order valence-corrected chi connectivity index (χ1v) is 8.13. The van der Waals surface area contributed by atoms with E-state index >= 15 is 0 Å². The third-order valence-corrected chi connectivity index (χ3v) is 4.47. The van der Waals surface area contributed by atoms with E-state index in [9.17, 15) is 8.42 Å². The summed E-state index contributed by atoms with van der Waals surface area (Å²) >= 11 is 0. The Morgan fingerprint density at radius 3 is 2.50 bits per heavy atom. The van der Waals surface area contributed by atoms with Crippen molar-refractivity contribution in [2.75, 3.05) is 13.2 Å². The fourth-order valence-corrected chi connectivity index (χ4v) is 3.14. The lowest BCUT2D eigenvalue weighted by molar-refractivity contribution is -0.00515. The monoisotopic (exact) mass is 300 g/mol. The molecule has 0 aliphatic rings. The Balaban J connectivity index is 2.87. The SMILES string of the molecule is CCOC(C)(C)CNS(=O)(=O)c1ccc(CN)c(C)c1. The van der Waals surface area contributed by atoms with Gasteiger partial charge in [-0.3, -0.25) is 0 Å². The number of ether oxygens (including phenoxy) is 1. The van der Waals surface area contributed by atoms with Crippen LogP contribution in [0, 0.1) is 6.92 Å². The lowest BCUT2D eigenvalue weighted by Crippen LogP contribution is -2.40. The highest BCUT2D eigenvalue weighted by Gasteiger charge is 2.22. The lowest BCUT2D eigenvalue weighted by atomic mass is 10.1. The molecule has 0 saturated heterocycles. The summed E-state index contributed by atoms with van der Waals surface area (Å²) < 4.78 is 32.5. The average Bonchev–Trinajstić information content (AvgIpc) is 2.36. The summed E-state index contributed by atoms with van der Waals surface area (Å²) in [5, 5.41) is 0. The molecule has 0 amide bonds. The minimum absolute atomic E-state index is 0.223. The number of nitrogens with one attached hydrogen (secondary N) is 1. The van der Waals surface area contributed by atoms with E-state index in [1.807, 2.05) is 27.7 Å². The van der Waals surface area contributed by atoms with Gasteiger partial charge in [-0.15, -0.1) is 0 Å². The van der Waals surface area contributed by atoms with Crippen LogP contribution in [0.25, 0.3) is 0 Å². The van der Waals surface area contributed by atoms with Gasteiger partial charge in [0.05, 0.1) is 10.5 Å². The molecule has 0 unspecified atom stereocenters. The highest BCUT2D eigenvalue weighted by molar-refractivity contribution is 7.89. The number of nitrogens with two attached hydrogens (primary N) is 1. The van der Waals surface area contributed by atoms with Crippen molar-refractivity contribution in [1.29, 1.82) is 0 Å². The van der Waals surface area contributed by atoms with Crippen molar-refractivity contribution in [3.8, 4) is 0 Å². The van der Waals surface area contributed by atoms with E-state index in [1.54, 1.807) is 18.2 Å². The van der Waals surface area contributed by atoms with Crippen LogP contribution < -0.4 is 10.5 Å². The maximum absolute atomic E-state index is 12.2. The molecule has 1 aromatic rings. The lowest BCUT2D eigenvalue weighted by Gasteiger charge is -2.24. The molecule has 0 saturated carbocycles. The molecule has 0 fully saturated rings. The molecule has 3 N–H and O–H groups in total. The van der Waals surface area contributed by atoms with E-state index < -0.39 is 15.6 Å². The molecule has 0 aliphatic heterocycles. The molecule has 6 heteroatoms. The molecule has 114 valence electrons. The van der Waals surface area contributed by atoms with Gasteiger partial charge in [0.15, 0.2) is 0 Å². The van der Waals surface area contributed by atoms with Crippen LogP contribution in [-0.4, -0.2) is 27.2 Å². The number of rotatable bonds is 7. The molecule has 0 heterocycles. The van der Waals surface area contributed by atoms with Crippen LogP contribution in [0.15, 0.2) is 23.1 Å². The summed E-state index contributed by atoms with van der Waals surface area (Å²) in [6.07, 6.45) is 0. The Kier molecular flexibility index (Phi) is 5.70. The summed E-state index contributed by atoms with van der Waals surface area (Å²) in [6.45, 7) is 8.59. The first kappa shape index (κ1) is 17.1. The van der Waals surface area contributed by atoms with Gasteiger partial charge in [0.2, 0.25) is 10.0 Å². The first-order chi connectivity index (χ1) is 9.22. The van der Waals surface area contributed by atoms with E-state index in [1.165, 1.54) is 0 Å². The Bertz CT molecular complexity index is 554. The molecule has 1 aromatic carbocycles. The number of hydrogen-bond acceptors (Lipinski definition) is 4. The van der Waals surface area contributed by atoms with Crippen LogP contribution in [0.3, 0.4) is 0 Å². The summed E-state index contributed by atoms with van der Waals surface area (Å²) in [5.41, 5.74) is 6.86. The van der Waals surface area contributed by atoms with Crippen molar-refractivity contribution in [3.63, 3.8) is 0 Å². The second-order valence-corrected chi connectivity index (χ2v) is 7.08. The quantitative estimate of drug-likeness (QED) is 0.800. The van der Waals surface area contributed by atoms with Crippen LogP contribution in [0.4, 0.5) is 0 Å². The Hall–Kier alpha value is -0.950. The number of aryl methyl sites for hydroxylation is 1. The van der Waals surface area contributed by atoms with Crippen LogP contribution in [0.1, 0.15) is 31.9 Å². The van der Waals surface area contributed by atoms with Gasteiger partial charge < -0.3 is 10.5 Å². The van der Waals surface area contributed by atoms with E-state index in [0.717, 1.165) is 11.1 Å². The zero-order valence-electron chi connectivity index (χ0n) is 12.6. The fourth-order valence-electron chi connectivity index (χ4n) is 1.86. The van der Waals surface area contributed by atoms with Crippen LogP contribution in [-0.2, 0) is 21.3 Å². The van der Waals surface area contributed by atoms with E-state index in [-0.39, 0.29) is 11.4 Å². The fraction of sp³-hybridized carbons (Fsp3) is 0.571. The summed E-state index contributed by atoms with van der Waals surface area (Å²) in [4.78, 5) is 0.250. The van der Waals surface area contributed by atoms with Gasteiger partial charge in [-0.25, -0.2) is 13.1 Å². The molecule has 0 spiro atoms. The molecule has 0 atom stereocenters. The second kappa shape index (κ2) is 6.67. The average molecular weight is 300 g/mol. The van der Waals surface area contributed by atoms with Crippen molar-refractivity contribution in [2.24, 2.45) is 5.73 Å². The number of sulfonamides is 1. The van der Waals surface area contributed by atoms with Gasteiger partial charge in [-0.2, -0.15) is 0 Å². The van der Waals surface area contributed by atoms with Gasteiger partial charge >= 0.3 is 0 Å². The summed E-state index contributed by atoms with van der Waals surface area (Å²) in [6, 6.07) is 4.96. The molecular weight excluding hydrogens is 276 g/mol. The van der Waals surface area contributed by atoms with Crippen LogP contribution >= 0.6 is 0 Å². The molecule has 0 radical (unpaired) electrons. The summed E-state index contributed by atoms with van der Waals surface area (Å²) in [5.74, 6) is 0. The second-order valence-electron chi connectivity index (χ2n) is 5.31. The first-order valence-electron chi connectivity index (χ1n) is 6.65. The van der Waals surface area contributed by atoms with E-state index in [2.05, 4.69) is 4.72 Å². The molecular formula is C14H24N2O3S. The number of hydrogen-bond donors (Lipinski definition) is 2. The van der Waals surface area contributed by atoms with Crippen molar-refractivity contribution in [3.05, 3.63) is 29.3 Å². The van der Waals surface area contributed by atoms with Gasteiger partial charge in [0, 0.05) is 19.7 Å². The van der Waals surface area contributed by atoms with E-state index in [4.69, 9.17) is 10.5 Å². The number of benzene rings is 1. The van der Waals surface area contributed by atoms with Crippen molar-refractivity contribution in [2.45, 2.75) is 44.7 Å². The largest absolute Gasteiger partial charge is 0.375 e. The Labute approximate surface area is 121 Å². The smallest absolute Gasteiger partial charge is 0.240 e.